The highest BCUT2D eigenvalue weighted by Crippen LogP contribution is 2.24. The van der Waals surface area contributed by atoms with E-state index in [0.29, 0.717) is 0 Å². The van der Waals surface area contributed by atoms with Gasteiger partial charge in [0.2, 0.25) is 0 Å². The van der Waals surface area contributed by atoms with Crippen LogP contribution in [0.5, 0.6) is 0 Å². The molecule has 1 N–H and O–H groups in total. The molecule has 2 rings (SSSR count). The summed E-state index contributed by atoms with van der Waals surface area (Å²) in [6.07, 6.45) is 8.00. The fourth-order valence-corrected chi connectivity index (χ4v) is 3.63. The summed E-state index contributed by atoms with van der Waals surface area (Å²) in [5.74, 6) is 0. The fourth-order valence-electron chi connectivity index (χ4n) is 2.74. The smallest absolute Gasteiger partial charge is 0.0244 e. The molecule has 1 aromatic heterocycles. The van der Waals surface area contributed by atoms with E-state index in [1.54, 1.807) is 10.4 Å². The molecular formula is C16H28N2S. The third kappa shape index (κ3) is 5.25. The van der Waals surface area contributed by atoms with E-state index in [2.05, 4.69) is 28.6 Å². The Morgan fingerprint density at radius 3 is 3.00 bits per heavy atom. The highest BCUT2D eigenvalue weighted by molar-refractivity contribution is 7.10. The Bertz CT molecular complexity index is 348. The molecule has 2 heterocycles. The van der Waals surface area contributed by atoms with Gasteiger partial charge in [-0.25, -0.2) is 0 Å². The number of unbranched alkanes of at least 4 members (excludes halogenated alkanes) is 3. The van der Waals surface area contributed by atoms with Gasteiger partial charge in [-0.15, -0.1) is 11.3 Å². The van der Waals surface area contributed by atoms with Crippen LogP contribution in [0.25, 0.3) is 0 Å². The van der Waals surface area contributed by atoms with E-state index in [1.807, 2.05) is 11.3 Å². The Kier molecular flexibility index (Phi) is 6.90. The van der Waals surface area contributed by atoms with Crippen molar-refractivity contribution in [3.63, 3.8) is 0 Å². The minimum atomic E-state index is 1.18. The van der Waals surface area contributed by atoms with E-state index in [1.165, 1.54) is 71.2 Å². The second-order valence-electron chi connectivity index (χ2n) is 5.56. The molecule has 0 fully saturated rings. The molecule has 19 heavy (non-hydrogen) atoms. The van der Waals surface area contributed by atoms with Gasteiger partial charge in [-0.1, -0.05) is 19.8 Å². The molecule has 0 unspecified atom stereocenters. The zero-order valence-electron chi connectivity index (χ0n) is 12.3. The number of fused-ring (bicyclic) bond motifs is 1. The molecule has 0 saturated carbocycles. The van der Waals surface area contributed by atoms with E-state index in [9.17, 15) is 0 Å². The average Bonchev–Trinajstić information content (AvgIpc) is 2.89. The van der Waals surface area contributed by atoms with Crippen molar-refractivity contribution < 1.29 is 0 Å². The van der Waals surface area contributed by atoms with E-state index in [4.69, 9.17) is 0 Å². The molecule has 0 saturated heterocycles. The first-order valence-electron chi connectivity index (χ1n) is 7.88. The van der Waals surface area contributed by atoms with Gasteiger partial charge in [0.15, 0.2) is 0 Å². The summed E-state index contributed by atoms with van der Waals surface area (Å²) in [6.45, 7) is 8.36. The van der Waals surface area contributed by atoms with Gasteiger partial charge in [0.25, 0.3) is 0 Å². The van der Waals surface area contributed by atoms with Gasteiger partial charge in [-0.2, -0.15) is 0 Å². The first kappa shape index (κ1) is 15.0. The zero-order chi connectivity index (χ0) is 13.3. The van der Waals surface area contributed by atoms with E-state index < -0.39 is 0 Å². The van der Waals surface area contributed by atoms with Crippen molar-refractivity contribution >= 4 is 11.3 Å². The molecule has 1 aliphatic heterocycles. The molecule has 0 amide bonds. The number of hydrogen-bond donors (Lipinski definition) is 1. The van der Waals surface area contributed by atoms with E-state index in [-0.39, 0.29) is 0 Å². The molecule has 0 spiro atoms. The molecule has 1 aliphatic rings. The minimum Gasteiger partial charge on any atom is -0.317 e. The van der Waals surface area contributed by atoms with Gasteiger partial charge < -0.3 is 5.32 Å². The van der Waals surface area contributed by atoms with Crippen molar-refractivity contribution in [2.45, 2.75) is 52.0 Å². The van der Waals surface area contributed by atoms with Crippen LogP contribution in [-0.2, 0) is 13.0 Å². The molecule has 0 aliphatic carbocycles. The summed E-state index contributed by atoms with van der Waals surface area (Å²) in [7, 11) is 0. The molecule has 108 valence electrons. The van der Waals surface area contributed by atoms with Gasteiger partial charge in [-0.3, -0.25) is 4.90 Å². The van der Waals surface area contributed by atoms with Gasteiger partial charge in [0.1, 0.15) is 0 Å². The van der Waals surface area contributed by atoms with Crippen molar-refractivity contribution in [1.29, 1.82) is 0 Å². The standard InChI is InChI=1S/C16H28N2S/c1-2-9-17-10-5-3-4-6-11-18-12-7-16-15(14-18)8-13-19-16/h8,13,17H,2-7,9-12,14H2,1H3. The largest absolute Gasteiger partial charge is 0.317 e. The van der Waals surface area contributed by atoms with Crippen LogP contribution >= 0.6 is 11.3 Å². The monoisotopic (exact) mass is 280 g/mol. The Hall–Kier alpha value is -0.380. The Labute approximate surface area is 122 Å². The third-order valence-corrected chi connectivity index (χ3v) is 4.91. The van der Waals surface area contributed by atoms with Crippen molar-refractivity contribution in [2.75, 3.05) is 26.2 Å². The predicted octanol–water partition coefficient (Wildman–Crippen LogP) is 3.67. The average molecular weight is 280 g/mol. The molecular weight excluding hydrogens is 252 g/mol. The second-order valence-corrected chi connectivity index (χ2v) is 6.56. The maximum absolute atomic E-state index is 3.47. The fraction of sp³-hybridized carbons (Fsp3) is 0.750. The molecule has 2 nitrogen and oxygen atoms in total. The van der Waals surface area contributed by atoms with Crippen LogP contribution in [0.1, 0.15) is 49.5 Å². The third-order valence-electron chi connectivity index (χ3n) is 3.89. The lowest BCUT2D eigenvalue weighted by molar-refractivity contribution is 0.250. The Morgan fingerprint density at radius 1 is 1.21 bits per heavy atom. The minimum absolute atomic E-state index is 1.18. The molecule has 0 radical (unpaired) electrons. The number of nitrogens with zero attached hydrogens (tertiary/aromatic N) is 1. The van der Waals surface area contributed by atoms with Crippen molar-refractivity contribution in [1.82, 2.24) is 10.2 Å². The van der Waals surface area contributed by atoms with Crippen LogP contribution in [0.2, 0.25) is 0 Å². The summed E-state index contributed by atoms with van der Waals surface area (Å²) >= 11 is 1.94. The van der Waals surface area contributed by atoms with Crippen molar-refractivity contribution in [3.8, 4) is 0 Å². The van der Waals surface area contributed by atoms with Crippen LogP contribution in [0, 0.1) is 0 Å². The van der Waals surface area contributed by atoms with E-state index >= 15 is 0 Å². The number of hydrogen-bond acceptors (Lipinski definition) is 3. The van der Waals surface area contributed by atoms with Crippen LogP contribution in [-0.4, -0.2) is 31.1 Å². The Morgan fingerprint density at radius 2 is 2.11 bits per heavy atom. The molecule has 0 aromatic carbocycles. The van der Waals surface area contributed by atoms with Crippen LogP contribution < -0.4 is 5.32 Å². The lowest BCUT2D eigenvalue weighted by Gasteiger charge is -2.26. The van der Waals surface area contributed by atoms with E-state index in [0.717, 1.165) is 0 Å². The highest BCUT2D eigenvalue weighted by Gasteiger charge is 2.16. The lowest BCUT2D eigenvalue weighted by atomic mass is 10.1. The maximum Gasteiger partial charge on any atom is 0.0244 e. The molecule has 0 bridgehead atoms. The quantitative estimate of drug-likeness (QED) is 0.694. The summed E-state index contributed by atoms with van der Waals surface area (Å²) in [4.78, 5) is 4.25. The number of rotatable bonds is 9. The van der Waals surface area contributed by atoms with Gasteiger partial charge in [0, 0.05) is 18.0 Å². The van der Waals surface area contributed by atoms with Crippen molar-refractivity contribution in [3.05, 3.63) is 21.9 Å². The predicted molar refractivity (Wildman–Crippen MR) is 84.9 cm³/mol. The lowest BCUT2D eigenvalue weighted by Crippen LogP contribution is -2.30. The first-order valence-corrected chi connectivity index (χ1v) is 8.76. The summed E-state index contributed by atoms with van der Waals surface area (Å²) < 4.78 is 0. The highest BCUT2D eigenvalue weighted by atomic mass is 32.1. The van der Waals surface area contributed by atoms with Crippen LogP contribution in [0.4, 0.5) is 0 Å². The topological polar surface area (TPSA) is 15.3 Å². The molecule has 1 aromatic rings. The summed E-state index contributed by atoms with van der Waals surface area (Å²) in [5, 5.41) is 5.72. The maximum atomic E-state index is 3.47. The number of thiophene rings is 1. The van der Waals surface area contributed by atoms with Crippen molar-refractivity contribution in [2.24, 2.45) is 0 Å². The first-order chi connectivity index (χ1) is 9.40. The van der Waals surface area contributed by atoms with Gasteiger partial charge in [-0.05, 0) is 62.3 Å². The SMILES string of the molecule is CCCNCCCCCCN1CCc2sccc2C1. The molecule has 0 atom stereocenters. The van der Waals surface area contributed by atoms with Gasteiger partial charge >= 0.3 is 0 Å². The summed E-state index contributed by atoms with van der Waals surface area (Å²) in [6, 6.07) is 2.31. The Balaban J connectivity index is 1.48. The van der Waals surface area contributed by atoms with Crippen LogP contribution in [0.3, 0.4) is 0 Å². The normalized spacial score (nSPS) is 15.6. The zero-order valence-corrected chi connectivity index (χ0v) is 13.1. The second kappa shape index (κ2) is 8.72. The van der Waals surface area contributed by atoms with Gasteiger partial charge in [0.05, 0.1) is 0 Å². The molecule has 3 heteroatoms. The number of nitrogens with one attached hydrogen (secondary N) is 1. The summed E-state index contributed by atoms with van der Waals surface area (Å²) in [5.41, 5.74) is 1.58. The van der Waals surface area contributed by atoms with Crippen LogP contribution in [0.15, 0.2) is 11.4 Å².